The number of nitrogens with zero attached hydrogens (tertiary/aromatic N) is 2. The van der Waals surface area contributed by atoms with Crippen molar-refractivity contribution in [2.45, 2.75) is 32.1 Å². The first-order valence-corrected chi connectivity index (χ1v) is 12.4. The zero-order valence-electron chi connectivity index (χ0n) is 21.8. The topological polar surface area (TPSA) is 176 Å². The summed E-state index contributed by atoms with van der Waals surface area (Å²) in [5, 5.41) is 34.4. The Morgan fingerprint density at radius 2 is 2.03 bits per heavy atom. The largest absolute Gasteiger partial charge is 0.506 e. The molecule has 1 aromatic carbocycles. The summed E-state index contributed by atoms with van der Waals surface area (Å²) < 4.78 is 5.77. The predicted molar refractivity (Wildman–Crippen MR) is 140 cm³/mol. The second kappa shape index (κ2) is 12.7. The molecule has 1 amide bonds. The number of aromatic hydroxyl groups is 1. The van der Waals surface area contributed by atoms with Crippen molar-refractivity contribution in [3.8, 4) is 17.1 Å². The van der Waals surface area contributed by atoms with E-state index in [2.05, 4.69) is 9.99 Å². The van der Waals surface area contributed by atoms with E-state index in [1.54, 1.807) is 18.2 Å². The van der Waals surface area contributed by atoms with Crippen LogP contribution in [0.3, 0.4) is 0 Å². The summed E-state index contributed by atoms with van der Waals surface area (Å²) in [5.74, 6) is -2.42. The molecule has 0 aliphatic heterocycles. The molecule has 1 aliphatic rings. The minimum atomic E-state index is -0.870. The Bertz CT molecular complexity index is 1200. The van der Waals surface area contributed by atoms with Crippen LogP contribution in [0, 0.1) is 17.8 Å². The SMILES string of the molecule is CO/N=C/c1ccc(-c2cc(N(C)C)c3c(c2O)C(=O)CC(CC(CCO)C(CO)C(=O)CC(N)=O)C3)o1. The molecule has 0 saturated heterocycles. The van der Waals surface area contributed by atoms with E-state index >= 15 is 0 Å². The van der Waals surface area contributed by atoms with Crippen molar-refractivity contribution < 1.29 is 39.0 Å². The summed E-state index contributed by atoms with van der Waals surface area (Å²) in [4.78, 5) is 43.8. The number of carbonyl (C=O) groups is 3. The number of furan rings is 1. The van der Waals surface area contributed by atoms with E-state index in [1.807, 2.05) is 19.0 Å². The van der Waals surface area contributed by atoms with Gasteiger partial charge < -0.3 is 35.2 Å². The molecule has 0 bridgehead atoms. The minimum Gasteiger partial charge on any atom is -0.506 e. The van der Waals surface area contributed by atoms with E-state index in [-0.39, 0.29) is 42.5 Å². The van der Waals surface area contributed by atoms with E-state index in [0.717, 1.165) is 5.69 Å². The smallest absolute Gasteiger partial charge is 0.224 e. The molecule has 1 aromatic heterocycles. The van der Waals surface area contributed by atoms with Crippen molar-refractivity contribution in [3.63, 3.8) is 0 Å². The number of carbonyl (C=O) groups excluding carboxylic acids is 3. The molecular formula is C27H35N3O8. The van der Waals surface area contributed by atoms with Gasteiger partial charge in [-0.3, -0.25) is 14.4 Å². The Balaban J connectivity index is 1.96. The highest BCUT2D eigenvalue weighted by molar-refractivity contribution is 6.05. The van der Waals surface area contributed by atoms with E-state index in [9.17, 15) is 29.7 Å². The van der Waals surface area contributed by atoms with Gasteiger partial charge in [-0.05, 0) is 54.9 Å². The van der Waals surface area contributed by atoms with Gasteiger partial charge in [0.05, 0.1) is 24.2 Å². The van der Waals surface area contributed by atoms with Gasteiger partial charge in [-0.2, -0.15) is 0 Å². The lowest BCUT2D eigenvalue weighted by atomic mass is 9.73. The third kappa shape index (κ3) is 6.40. The average Bonchev–Trinajstić information content (AvgIpc) is 3.31. The number of nitrogens with two attached hydrogens (primary N) is 1. The summed E-state index contributed by atoms with van der Waals surface area (Å²) in [5.41, 5.74) is 7.18. The molecule has 3 atom stereocenters. The first kappa shape index (κ1) is 28.9. The maximum Gasteiger partial charge on any atom is 0.224 e. The number of hydrogen-bond donors (Lipinski definition) is 4. The normalized spacial score (nSPS) is 16.8. The molecule has 1 heterocycles. The molecule has 38 heavy (non-hydrogen) atoms. The molecule has 0 spiro atoms. The van der Waals surface area contributed by atoms with Gasteiger partial charge in [0, 0.05) is 38.7 Å². The zero-order chi connectivity index (χ0) is 28.0. The fraction of sp³-hybridized carbons (Fsp3) is 0.481. The lowest BCUT2D eigenvalue weighted by Gasteiger charge is -2.33. The van der Waals surface area contributed by atoms with Crippen LogP contribution in [0.25, 0.3) is 11.3 Å². The number of Topliss-reactive ketones (excluding diaryl/α,β-unsaturated/α-hetero) is 2. The fourth-order valence-electron chi connectivity index (χ4n) is 5.25. The molecule has 0 saturated carbocycles. The number of aliphatic hydroxyl groups is 2. The number of ketones is 2. The number of anilines is 1. The lowest BCUT2D eigenvalue weighted by molar-refractivity contribution is -0.131. The van der Waals surface area contributed by atoms with Gasteiger partial charge >= 0.3 is 0 Å². The van der Waals surface area contributed by atoms with Crippen molar-refractivity contribution >= 4 is 29.4 Å². The first-order chi connectivity index (χ1) is 18.1. The number of hydrogen-bond acceptors (Lipinski definition) is 10. The van der Waals surface area contributed by atoms with Crippen LogP contribution in [0.4, 0.5) is 5.69 Å². The van der Waals surface area contributed by atoms with Crippen LogP contribution in [0.2, 0.25) is 0 Å². The number of oxime groups is 1. The lowest BCUT2D eigenvalue weighted by Crippen LogP contribution is -2.34. The van der Waals surface area contributed by atoms with Crippen LogP contribution in [-0.4, -0.2) is 73.4 Å². The Labute approximate surface area is 220 Å². The number of benzene rings is 1. The molecule has 5 N–H and O–H groups in total. The molecule has 1 aliphatic carbocycles. The third-order valence-electron chi connectivity index (χ3n) is 6.95. The van der Waals surface area contributed by atoms with Crippen molar-refractivity contribution in [1.82, 2.24) is 0 Å². The predicted octanol–water partition coefficient (Wildman–Crippen LogP) is 1.89. The molecule has 11 nitrogen and oxygen atoms in total. The van der Waals surface area contributed by atoms with Gasteiger partial charge in [0.25, 0.3) is 0 Å². The van der Waals surface area contributed by atoms with Gasteiger partial charge in [0.2, 0.25) is 5.91 Å². The van der Waals surface area contributed by atoms with Crippen LogP contribution < -0.4 is 10.6 Å². The molecule has 206 valence electrons. The van der Waals surface area contributed by atoms with Gasteiger partial charge in [0.1, 0.15) is 36.4 Å². The van der Waals surface area contributed by atoms with Crippen LogP contribution in [0.15, 0.2) is 27.8 Å². The number of aliphatic hydroxyl groups excluding tert-OH is 2. The van der Waals surface area contributed by atoms with Gasteiger partial charge in [0.15, 0.2) is 5.78 Å². The highest BCUT2D eigenvalue weighted by Crippen LogP contribution is 2.45. The second-order valence-electron chi connectivity index (χ2n) is 9.76. The molecular weight excluding hydrogens is 494 g/mol. The van der Waals surface area contributed by atoms with E-state index in [0.29, 0.717) is 35.5 Å². The monoisotopic (exact) mass is 529 g/mol. The zero-order valence-corrected chi connectivity index (χ0v) is 21.8. The summed E-state index contributed by atoms with van der Waals surface area (Å²) in [6, 6.07) is 5.10. The Kier molecular flexibility index (Phi) is 9.65. The molecule has 11 heteroatoms. The summed E-state index contributed by atoms with van der Waals surface area (Å²) in [6.07, 6.45) is 2.05. The molecule has 0 radical (unpaired) electrons. The number of phenols is 1. The maximum absolute atomic E-state index is 13.4. The third-order valence-corrected chi connectivity index (χ3v) is 6.95. The van der Waals surface area contributed by atoms with Crippen LogP contribution in [0.1, 0.15) is 47.4 Å². The van der Waals surface area contributed by atoms with Crippen molar-refractivity contribution in [1.29, 1.82) is 0 Å². The van der Waals surface area contributed by atoms with E-state index < -0.39 is 36.6 Å². The molecule has 0 fully saturated rings. The minimum absolute atomic E-state index is 0.116. The highest BCUT2D eigenvalue weighted by atomic mass is 16.6. The van der Waals surface area contributed by atoms with Crippen LogP contribution in [0.5, 0.6) is 5.75 Å². The average molecular weight is 530 g/mol. The Morgan fingerprint density at radius 1 is 1.29 bits per heavy atom. The first-order valence-electron chi connectivity index (χ1n) is 12.4. The Hall–Kier alpha value is -3.70. The van der Waals surface area contributed by atoms with Crippen LogP contribution in [-0.2, 0) is 20.8 Å². The van der Waals surface area contributed by atoms with E-state index in [4.69, 9.17) is 10.2 Å². The number of amides is 1. The fourth-order valence-corrected chi connectivity index (χ4v) is 5.25. The van der Waals surface area contributed by atoms with Gasteiger partial charge in [-0.25, -0.2) is 0 Å². The van der Waals surface area contributed by atoms with Gasteiger partial charge in [-0.1, -0.05) is 5.16 Å². The second-order valence-corrected chi connectivity index (χ2v) is 9.76. The van der Waals surface area contributed by atoms with Crippen molar-refractivity contribution in [2.75, 3.05) is 39.3 Å². The molecule has 2 aromatic rings. The Morgan fingerprint density at radius 3 is 2.63 bits per heavy atom. The standard InChI is InChI=1S/C27H35N3O8/c1-30(2)21-11-19(24-5-4-17(38-24)13-29-37-3)27(36)26-18(21)9-15(10-23(26)34)8-16(6-7-31)20(14-32)22(33)12-25(28)35/h4-5,11,13,15-16,20,31-32,36H,6-10,12,14H2,1-3H3,(H2,28,35)/b29-13+. The van der Waals surface area contributed by atoms with Crippen LogP contribution >= 0.6 is 0 Å². The highest BCUT2D eigenvalue weighted by Gasteiger charge is 2.36. The number of rotatable bonds is 13. The van der Waals surface area contributed by atoms with Crippen molar-refractivity contribution in [3.05, 3.63) is 35.1 Å². The number of phenolic OH excluding ortho intramolecular Hbond substituents is 1. The molecule has 3 rings (SSSR count). The number of primary amides is 1. The maximum atomic E-state index is 13.4. The summed E-state index contributed by atoms with van der Waals surface area (Å²) in [7, 11) is 5.08. The summed E-state index contributed by atoms with van der Waals surface area (Å²) in [6.45, 7) is -0.697. The van der Waals surface area contributed by atoms with Crippen molar-refractivity contribution in [2.24, 2.45) is 28.6 Å². The summed E-state index contributed by atoms with van der Waals surface area (Å²) >= 11 is 0. The quantitative estimate of drug-likeness (QED) is 0.171. The molecule has 3 unspecified atom stereocenters. The number of fused-ring (bicyclic) bond motifs is 1. The van der Waals surface area contributed by atoms with Gasteiger partial charge in [-0.15, -0.1) is 0 Å². The van der Waals surface area contributed by atoms with E-state index in [1.165, 1.54) is 13.3 Å².